The van der Waals surface area contributed by atoms with Crippen molar-refractivity contribution in [2.75, 3.05) is 46.9 Å². The van der Waals surface area contributed by atoms with Crippen molar-refractivity contribution < 1.29 is 9.53 Å². The van der Waals surface area contributed by atoms with Crippen molar-refractivity contribution >= 4 is 17.5 Å². The summed E-state index contributed by atoms with van der Waals surface area (Å²) in [6, 6.07) is 6.08. The van der Waals surface area contributed by atoms with Crippen LogP contribution in [0.2, 0.25) is 5.02 Å². The first-order valence-electron chi connectivity index (χ1n) is 9.52. The zero-order valence-electron chi connectivity index (χ0n) is 16.1. The second-order valence-electron chi connectivity index (χ2n) is 7.62. The summed E-state index contributed by atoms with van der Waals surface area (Å²) in [5, 5.41) is 0.676. The highest BCUT2D eigenvalue weighted by molar-refractivity contribution is 6.32. The lowest BCUT2D eigenvalue weighted by molar-refractivity contribution is -0.129. The monoisotopic (exact) mass is 379 g/mol. The number of benzene rings is 1. The Bertz CT molecular complexity index is 654. The van der Waals surface area contributed by atoms with Gasteiger partial charge < -0.3 is 9.64 Å². The number of likely N-dealkylation sites (tertiary alicyclic amines) is 1. The van der Waals surface area contributed by atoms with Crippen molar-refractivity contribution in [2.45, 2.75) is 38.3 Å². The number of piperazine rings is 1. The molecular formula is C20H30ClN3O2. The molecule has 26 heavy (non-hydrogen) atoms. The fourth-order valence-electron chi connectivity index (χ4n) is 4.15. The third kappa shape index (κ3) is 4.16. The highest BCUT2D eigenvalue weighted by Gasteiger charge is 2.41. The molecule has 0 saturated carbocycles. The van der Waals surface area contributed by atoms with E-state index in [1.807, 2.05) is 31.0 Å². The van der Waals surface area contributed by atoms with Crippen LogP contribution in [0, 0.1) is 0 Å². The number of ether oxygens (including phenoxy) is 1. The predicted octanol–water partition coefficient (Wildman–Crippen LogP) is 2.87. The largest absolute Gasteiger partial charge is 0.492 e. The molecule has 2 saturated heterocycles. The van der Waals surface area contributed by atoms with E-state index >= 15 is 0 Å². The van der Waals surface area contributed by atoms with Gasteiger partial charge in [0.05, 0.1) is 11.6 Å². The van der Waals surface area contributed by atoms with E-state index in [1.54, 1.807) is 0 Å². The number of likely N-dealkylation sites (N-methyl/N-ethyl adjacent to an activating group) is 1. The van der Waals surface area contributed by atoms with Crippen LogP contribution in [-0.4, -0.2) is 73.0 Å². The van der Waals surface area contributed by atoms with E-state index in [0.29, 0.717) is 18.1 Å². The van der Waals surface area contributed by atoms with E-state index in [2.05, 4.69) is 22.9 Å². The molecule has 2 heterocycles. The van der Waals surface area contributed by atoms with E-state index in [4.69, 9.17) is 16.3 Å². The second-order valence-corrected chi connectivity index (χ2v) is 8.03. The van der Waals surface area contributed by atoms with E-state index in [0.717, 1.165) is 51.3 Å². The van der Waals surface area contributed by atoms with Gasteiger partial charge in [-0.05, 0) is 44.5 Å². The summed E-state index contributed by atoms with van der Waals surface area (Å²) >= 11 is 6.35. The third-order valence-electron chi connectivity index (χ3n) is 5.92. The number of carbonyl (C=O) groups excluding carboxylic acids is 1. The Hall–Kier alpha value is -1.30. The molecule has 0 bridgehead atoms. The standard InChI is InChI=1S/C20H30ClN3O2/c1-4-26-18-6-5-16(13-17(18)21)14-24-12-11-23(3)20(15-24)8-7-19(25)22(2)10-9-20/h5-6,13H,4,7-12,14-15H2,1-3H3. The fourth-order valence-corrected chi connectivity index (χ4v) is 4.41. The Kier molecular flexibility index (Phi) is 6.10. The number of halogens is 1. The van der Waals surface area contributed by atoms with Crippen molar-refractivity contribution in [3.8, 4) is 5.75 Å². The summed E-state index contributed by atoms with van der Waals surface area (Å²) < 4.78 is 5.53. The van der Waals surface area contributed by atoms with Gasteiger partial charge in [0.25, 0.3) is 0 Å². The molecule has 5 nitrogen and oxygen atoms in total. The van der Waals surface area contributed by atoms with Gasteiger partial charge in [-0.3, -0.25) is 14.6 Å². The molecule has 6 heteroatoms. The Morgan fingerprint density at radius 3 is 2.73 bits per heavy atom. The number of carbonyl (C=O) groups is 1. The predicted molar refractivity (Wildman–Crippen MR) is 105 cm³/mol. The van der Waals surface area contributed by atoms with Gasteiger partial charge in [-0.25, -0.2) is 0 Å². The molecule has 1 spiro atoms. The molecule has 144 valence electrons. The molecule has 0 N–H and O–H groups in total. The van der Waals surface area contributed by atoms with E-state index < -0.39 is 0 Å². The highest BCUT2D eigenvalue weighted by Crippen LogP contribution is 2.33. The minimum atomic E-state index is 0.0910. The molecule has 2 fully saturated rings. The second kappa shape index (κ2) is 8.15. The van der Waals surface area contributed by atoms with Crippen LogP contribution in [0.1, 0.15) is 31.7 Å². The summed E-state index contributed by atoms with van der Waals surface area (Å²) in [6.07, 6.45) is 2.61. The summed E-state index contributed by atoms with van der Waals surface area (Å²) in [5.41, 5.74) is 1.30. The smallest absolute Gasteiger partial charge is 0.222 e. The van der Waals surface area contributed by atoms with E-state index in [9.17, 15) is 4.79 Å². The molecule has 0 aliphatic carbocycles. The van der Waals surface area contributed by atoms with Crippen molar-refractivity contribution in [3.63, 3.8) is 0 Å². The molecular weight excluding hydrogens is 350 g/mol. The number of amides is 1. The summed E-state index contributed by atoms with van der Waals surface area (Å²) in [7, 11) is 4.13. The minimum absolute atomic E-state index is 0.0910. The lowest BCUT2D eigenvalue weighted by Gasteiger charge is -2.49. The topological polar surface area (TPSA) is 36.0 Å². The van der Waals surface area contributed by atoms with Gasteiger partial charge >= 0.3 is 0 Å². The molecule has 0 radical (unpaired) electrons. The molecule has 1 aromatic rings. The maximum absolute atomic E-state index is 12.1. The van der Waals surface area contributed by atoms with Crippen LogP contribution in [-0.2, 0) is 11.3 Å². The van der Waals surface area contributed by atoms with Crippen LogP contribution in [0.25, 0.3) is 0 Å². The van der Waals surface area contributed by atoms with Crippen LogP contribution in [0.4, 0.5) is 0 Å². The Morgan fingerprint density at radius 2 is 2.00 bits per heavy atom. The fraction of sp³-hybridized carbons (Fsp3) is 0.650. The van der Waals surface area contributed by atoms with Gasteiger partial charge in [-0.2, -0.15) is 0 Å². The zero-order valence-corrected chi connectivity index (χ0v) is 16.9. The van der Waals surface area contributed by atoms with Crippen LogP contribution < -0.4 is 4.74 Å². The molecule has 1 unspecified atom stereocenters. The van der Waals surface area contributed by atoms with Gasteiger partial charge in [-0.15, -0.1) is 0 Å². The quantitative estimate of drug-likeness (QED) is 0.806. The van der Waals surface area contributed by atoms with Gasteiger partial charge in [0.1, 0.15) is 5.75 Å². The molecule has 2 aliphatic heterocycles. The van der Waals surface area contributed by atoms with Crippen LogP contribution >= 0.6 is 11.6 Å². The first kappa shape index (κ1) is 19.5. The van der Waals surface area contributed by atoms with Crippen molar-refractivity contribution in [1.29, 1.82) is 0 Å². The molecule has 0 aromatic heterocycles. The molecule has 2 aliphatic rings. The van der Waals surface area contributed by atoms with Crippen LogP contribution in [0.5, 0.6) is 5.75 Å². The average Bonchev–Trinajstić information content (AvgIpc) is 2.75. The number of rotatable bonds is 4. The Labute approximate surface area is 161 Å². The summed E-state index contributed by atoms with van der Waals surface area (Å²) in [6.45, 7) is 7.36. The summed E-state index contributed by atoms with van der Waals surface area (Å²) in [5.74, 6) is 1.02. The number of hydrogen-bond donors (Lipinski definition) is 0. The summed E-state index contributed by atoms with van der Waals surface area (Å²) in [4.78, 5) is 19.0. The molecule has 1 atom stereocenters. The lowest BCUT2D eigenvalue weighted by Crippen LogP contribution is -2.60. The van der Waals surface area contributed by atoms with Crippen molar-refractivity contribution in [2.24, 2.45) is 0 Å². The van der Waals surface area contributed by atoms with Crippen LogP contribution in [0.15, 0.2) is 18.2 Å². The first-order chi connectivity index (χ1) is 12.4. The first-order valence-corrected chi connectivity index (χ1v) is 9.90. The SMILES string of the molecule is CCOc1ccc(CN2CCN(C)C3(CCC(=O)N(C)CC3)C2)cc1Cl. The maximum Gasteiger partial charge on any atom is 0.222 e. The van der Waals surface area contributed by atoms with Gasteiger partial charge in [0, 0.05) is 51.7 Å². The van der Waals surface area contributed by atoms with Gasteiger partial charge in [0.2, 0.25) is 5.91 Å². The normalized spacial score (nSPS) is 25.5. The van der Waals surface area contributed by atoms with Gasteiger partial charge in [-0.1, -0.05) is 17.7 Å². The van der Waals surface area contributed by atoms with E-state index in [-0.39, 0.29) is 11.4 Å². The molecule has 3 rings (SSSR count). The number of nitrogens with zero attached hydrogens (tertiary/aromatic N) is 3. The lowest BCUT2D eigenvalue weighted by atomic mass is 9.86. The van der Waals surface area contributed by atoms with Crippen molar-refractivity contribution in [3.05, 3.63) is 28.8 Å². The minimum Gasteiger partial charge on any atom is -0.492 e. The average molecular weight is 380 g/mol. The highest BCUT2D eigenvalue weighted by atomic mass is 35.5. The van der Waals surface area contributed by atoms with Crippen molar-refractivity contribution in [1.82, 2.24) is 14.7 Å². The van der Waals surface area contributed by atoms with Crippen LogP contribution in [0.3, 0.4) is 0 Å². The molecule has 1 amide bonds. The van der Waals surface area contributed by atoms with Gasteiger partial charge in [0.15, 0.2) is 0 Å². The number of hydrogen-bond acceptors (Lipinski definition) is 4. The third-order valence-corrected chi connectivity index (χ3v) is 6.22. The maximum atomic E-state index is 12.1. The van der Waals surface area contributed by atoms with E-state index in [1.165, 1.54) is 5.56 Å². The Balaban J connectivity index is 1.70. The zero-order chi connectivity index (χ0) is 18.7. The molecule has 1 aromatic carbocycles. The Morgan fingerprint density at radius 1 is 1.19 bits per heavy atom.